The molecule has 0 aromatic heterocycles. The van der Waals surface area contributed by atoms with E-state index >= 15 is 0 Å². The number of halogens is 2. The van der Waals surface area contributed by atoms with Crippen LogP contribution in [-0.2, 0) is 24.4 Å². The monoisotopic (exact) mass is 512 g/mol. The fraction of sp³-hybridized carbons (Fsp3) is 0.850. The van der Waals surface area contributed by atoms with Gasteiger partial charge in [0.05, 0.1) is 6.04 Å². The molecule has 11 nitrogen and oxygen atoms in total. The van der Waals surface area contributed by atoms with E-state index in [1.54, 1.807) is 13.8 Å². The number of nitrogens with one attached hydrogen (secondary N) is 3. The second-order valence-corrected chi connectivity index (χ2v) is 10.8. The Morgan fingerprint density at radius 2 is 1.85 bits per heavy atom. The first-order valence-electron chi connectivity index (χ1n) is 11.2. The zero-order chi connectivity index (χ0) is 25.7. The number of alkyl halides is 2. The third-order valence-corrected chi connectivity index (χ3v) is 6.84. The van der Waals surface area contributed by atoms with Gasteiger partial charge in [0.15, 0.2) is 5.44 Å². The predicted molar refractivity (Wildman–Crippen MR) is 113 cm³/mol. The average Bonchev–Trinajstić information content (AvgIpc) is 3.11. The molecular weight excluding hydrogens is 480 g/mol. The summed E-state index contributed by atoms with van der Waals surface area (Å²) in [5, 5.41) is 17.2. The zero-order valence-corrected chi connectivity index (χ0v) is 19.9. The van der Waals surface area contributed by atoms with Crippen molar-refractivity contribution >= 4 is 28.0 Å². The summed E-state index contributed by atoms with van der Waals surface area (Å²) in [7, 11) is -5.22. The highest BCUT2D eigenvalue weighted by Crippen LogP contribution is 2.34. The predicted octanol–water partition coefficient (Wildman–Crippen LogP) is 0.580. The van der Waals surface area contributed by atoms with Crippen LogP contribution >= 0.6 is 0 Å². The van der Waals surface area contributed by atoms with Gasteiger partial charge in [0.2, 0.25) is 17.7 Å². The number of aliphatic hydroxyl groups excluding tert-OH is 1. The Morgan fingerprint density at radius 3 is 2.35 bits per heavy atom. The van der Waals surface area contributed by atoms with Crippen molar-refractivity contribution in [3.63, 3.8) is 0 Å². The van der Waals surface area contributed by atoms with Crippen LogP contribution in [0.5, 0.6) is 0 Å². The molecule has 4 atom stereocenters. The van der Waals surface area contributed by atoms with Gasteiger partial charge in [-0.15, -0.1) is 0 Å². The number of carbonyl (C=O) groups is 3. The van der Waals surface area contributed by atoms with Crippen LogP contribution in [0.25, 0.3) is 0 Å². The molecule has 34 heavy (non-hydrogen) atoms. The van der Waals surface area contributed by atoms with Crippen molar-refractivity contribution < 1.29 is 46.0 Å². The lowest BCUT2D eigenvalue weighted by molar-refractivity contribution is -0.126. The highest BCUT2D eigenvalue weighted by molar-refractivity contribution is 7.86. The SMILES string of the molecule is CC(C)C[C@@H](NC(=O)OC1CCC(F)(F)CC1)C(=O)N[C@H](CC1CCNC1=O)C(O)S(=O)(=O)[O-]. The average molecular weight is 513 g/mol. The molecule has 0 spiro atoms. The summed E-state index contributed by atoms with van der Waals surface area (Å²) in [4.78, 5) is 37.1. The Hall–Kier alpha value is -2.06. The summed E-state index contributed by atoms with van der Waals surface area (Å²) in [5.41, 5.74) is -2.50. The zero-order valence-electron chi connectivity index (χ0n) is 19.1. The number of alkyl carbamates (subject to hydrolysis) is 1. The highest BCUT2D eigenvalue weighted by Gasteiger charge is 2.38. The van der Waals surface area contributed by atoms with E-state index in [1.807, 2.05) is 0 Å². The first-order valence-corrected chi connectivity index (χ1v) is 12.7. The number of hydrogen-bond acceptors (Lipinski definition) is 8. The van der Waals surface area contributed by atoms with E-state index in [4.69, 9.17) is 4.74 Å². The number of carbonyl (C=O) groups excluding carboxylic acids is 3. The smallest absolute Gasteiger partial charge is 0.408 e. The lowest BCUT2D eigenvalue weighted by Gasteiger charge is -2.30. The number of hydrogen-bond donors (Lipinski definition) is 4. The molecule has 4 N–H and O–H groups in total. The molecule has 14 heteroatoms. The topological polar surface area (TPSA) is 174 Å². The van der Waals surface area contributed by atoms with Gasteiger partial charge >= 0.3 is 6.09 Å². The fourth-order valence-electron chi connectivity index (χ4n) is 4.07. The van der Waals surface area contributed by atoms with E-state index in [0.717, 1.165) is 0 Å². The first-order chi connectivity index (χ1) is 15.7. The van der Waals surface area contributed by atoms with Gasteiger partial charge in [-0.3, -0.25) is 9.59 Å². The second-order valence-electron chi connectivity index (χ2n) is 9.30. The van der Waals surface area contributed by atoms with Crippen molar-refractivity contribution in [1.29, 1.82) is 0 Å². The second kappa shape index (κ2) is 11.6. The molecule has 0 radical (unpaired) electrons. The minimum atomic E-state index is -5.22. The third-order valence-electron chi connectivity index (χ3n) is 5.92. The Kier molecular flexibility index (Phi) is 9.60. The van der Waals surface area contributed by atoms with Gasteiger partial charge in [-0.05, 0) is 38.0 Å². The van der Waals surface area contributed by atoms with Crippen molar-refractivity contribution in [3.8, 4) is 0 Å². The fourth-order valence-corrected chi connectivity index (χ4v) is 4.65. The largest absolute Gasteiger partial charge is 0.746 e. The molecule has 2 rings (SSSR count). The Bertz CT molecular complexity index is 845. The van der Waals surface area contributed by atoms with Crippen LogP contribution in [0.4, 0.5) is 13.6 Å². The minimum Gasteiger partial charge on any atom is -0.746 e. The number of aliphatic hydroxyl groups is 1. The molecule has 3 amide bonds. The van der Waals surface area contributed by atoms with Gasteiger partial charge in [0, 0.05) is 25.3 Å². The molecular formula is C20H32F2N3O8S-. The van der Waals surface area contributed by atoms with Crippen molar-refractivity contribution in [2.75, 3.05) is 6.54 Å². The van der Waals surface area contributed by atoms with Gasteiger partial charge in [-0.2, -0.15) is 0 Å². The maximum Gasteiger partial charge on any atom is 0.408 e. The number of amides is 3. The van der Waals surface area contributed by atoms with E-state index in [-0.39, 0.29) is 31.6 Å². The maximum absolute atomic E-state index is 13.3. The normalized spacial score (nSPS) is 23.6. The van der Waals surface area contributed by atoms with Gasteiger partial charge in [0.1, 0.15) is 22.3 Å². The van der Waals surface area contributed by atoms with E-state index < -0.39 is 76.3 Å². The van der Waals surface area contributed by atoms with Gasteiger partial charge in [-0.1, -0.05) is 13.8 Å². The molecule has 2 unspecified atom stereocenters. The molecule has 2 fully saturated rings. The van der Waals surface area contributed by atoms with Crippen molar-refractivity contribution in [1.82, 2.24) is 16.0 Å². The molecule has 2 aliphatic rings. The van der Waals surface area contributed by atoms with Crippen LogP contribution in [0.1, 0.15) is 58.8 Å². The Labute approximate surface area is 197 Å². The summed E-state index contributed by atoms with van der Waals surface area (Å²) in [5.74, 6) is -4.91. The quantitative estimate of drug-likeness (QED) is 0.308. The molecule has 1 saturated heterocycles. The summed E-state index contributed by atoms with van der Waals surface area (Å²) in [6, 6.07) is -2.81. The molecule has 196 valence electrons. The van der Waals surface area contributed by atoms with Crippen molar-refractivity contribution in [3.05, 3.63) is 0 Å². The van der Waals surface area contributed by atoms with Gasteiger partial charge < -0.3 is 30.3 Å². The van der Waals surface area contributed by atoms with Gasteiger partial charge in [0.25, 0.3) is 0 Å². The standard InChI is InChI=1S/C20H33F2N3O8S/c1-11(2)9-14(25-19(29)33-13-3-6-20(21,22)7-4-13)17(27)24-15(18(28)34(30,31)32)10-12-5-8-23-16(12)26/h11-15,18,28H,3-10H2,1-2H3,(H,23,26)(H,24,27)(H,25,29)(H,30,31,32)/p-1/t12?,14-,15-,18?/m1/s1. The number of ether oxygens (including phenoxy) is 1. The van der Waals surface area contributed by atoms with Crippen LogP contribution in [0, 0.1) is 11.8 Å². The molecule has 0 aromatic carbocycles. The highest BCUT2D eigenvalue weighted by atomic mass is 32.2. The van der Waals surface area contributed by atoms with E-state index in [0.29, 0.717) is 13.0 Å². The molecule has 1 heterocycles. The Morgan fingerprint density at radius 1 is 1.24 bits per heavy atom. The molecule has 1 aliphatic heterocycles. The third kappa shape index (κ3) is 8.62. The first kappa shape index (κ1) is 28.2. The summed E-state index contributed by atoms with van der Waals surface area (Å²) in [6.07, 6.45) is -2.49. The summed E-state index contributed by atoms with van der Waals surface area (Å²) < 4.78 is 66.0. The van der Waals surface area contributed by atoms with Crippen LogP contribution in [-0.4, -0.2) is 72.1 Å². The molecule has 1 aliphatic carbocycles. The Balaban J connectivity index is 2.06. The number of rotatable bonds is 10. The van der Waals surface area contributed by atoms with E-state index in [9.17, 15) is 41.2 Å². The van der Waals surface area contributed by atoms with Crippen LogP contribution < -0.4 is 16.0 Å². The van der Waals surface area contributed by atoms with Crippen molar-refractivity contribution in [2.24, 2.45) is 11.8 Å². The minimum absolute atomic E-state index is 0.0272. The summed E-state index contributed by atoms with van der Waals surface area (Å²) in [6.45, 7) is 3.85. The van der Waals surface area contributed by atoms with Crippen LogP contribution in [0.3, 0.4) is 0 Å². The molecule has 0 aromatic rings. The van der Waals surface area contributed by atoms with E-state index in [1.165, 1.54) is 0 Å². The lowest BCUT2D eigenvalue weighted by atomic mass is 9.94. The maximum atomic E-state index is 13.3. The summed E-state index contributed by atoms with van der Waals surface area (Å²) >= 11 is 0. The van der Waals surface area contributed by atoms with E-state index in [2.05, 4.69) is 16.0 Å². The lowest BCUT2D eigenvalue weighted by Crippen LogP contribution is -2.55. The molecule has 1 saturated carbocycles. The van der Waals surface area contributed by atoms with Crippen LogP contribution in [0.15, 0.2) is 0 Å². The van der Waals surface area contributed by atoms with Gasteiger partial charge in [-0.25, -0.2) is 22.0 Å². The van der Waals surface area contributed by atoms with Crippen LogP contribution in [0.2, 0.25) is 0 Å². The van der Waals surface area contributed by atoms with Crippen molar-refractivity contribution in [2.45, 2.75) is 88.3 Å². The molecule has 0 bridgehead atoms.